The first kappa shape index (κ1) is 16.4. The average molecular weight is 280 g/mol. The zero-order valence-electron chi connectivity index (χ0n) is 12.9. The minimum absolute atomic E-state index is 0.368. The minimum Gasteiger partial charge on any atom is -0.444 e. The van der Waals surface area contributed by atoms with Gasteiger partial charge in [-0.05, 0) is 27.7 Å². The van der Waals surface area contributed by atoms with Crippen molar-refractivity contribution in [2.45, 2.75) is 45.6 Å². The number of rotatable bonds is 4. The standard InChI is InChI=1S/C14H24N4O2/c1-10-11(6-16-9-18-10)14(5,7-15)8-17-12(19)20-13(2,3)4/h6,9H,7-8,15H2,1-5H3,(H,17,19). The first-order valence-corrected chi connectivity index (χ1v) is 6.62. The van der Waals surface area contributed by atoms with Crippen LogP contribution in [-0.4, -0.2) is 34.8 Å². The van der Waals surface area contributed by atoms with Crippen molar-refractivity contribution in [1.82, 2.24) is 15.3 Å². The lowest BCUT2D eigenvalue weighted by Crippen LogP contribution is -2.45. The van der Waals surface area contributed by atoms with E-state index in [4.69, 9.17) is 10.5 Å². The van der Waals surface area contributed by atoms with E-state index >= 15 is 0 Å². The van der Waals surface area contributed by atoms with Gasteiger partial charge in [0.2, 0.25) is 0 Å². The van der Waals surface area contributed by atoms with Crippen molar-refractivity contribution < 1.29 is 9.53 Å². The number of hydrogen-bond acceptors (Lipinski definition) is 5. The van der Waals surface area contributed by atoms with Gasteiger partial charge in [0.05, 0.1) is 0 Å². The van der Waals surface area contributed by atoms with Crippen LogP contribution in [0.25, 0.3) is 0 Å². The molecular weight excluding hydrogens is 256 g/mol. The van der Waals surface area contributed by atoms with Gasteiger partial charge in [-0.25, -0.2) is 14.8 Å². The maximum Gasteiger partial charge on any atom is 0.407 e. The van der Waals surface area contributed by atoms with Crippen molar-refractivity contribution in [3.8, 4) is 0 Å². The molecule has 1 amide bonds. The second kappa shape index (κ2) is 6.17. The van der Waals surface area contributed by atoms with Gasteiger partial charge in [-0.3, -0.25) is 0 Å². The van der Waals surface area contributed by atoms with E-state index in [1.807, 2.05) is 34.6 Å². The SMILES string of the molecule is Cc1ncncc1C(C)(CN)CNC(=O)OC(C)(C)C. The zero-order chi connectivity index (χ0) is 15.4. The Bertz CT molecular complexity index is 470. The van der Waals surface area contributed by atoms with E-state index in [-0.39, 0.29) is 0 Å². The lowest BCUT2D eigenvalue weighted by Gasteiger charge is -2.30. The summed E-state index contributed by atoms with van der Waals surface area (Å²) in [6, 6.07) is 0. The molecule has 0 aromatic carbocycles. The Morgan fingerprint density at radius 2 is 2.05 bits per heavy atom. The van der Waals surface area contributed by atoms with Crippen LogP contribution in [0.1, 0.15) is 39.0 Å². The highest BCUT2D eigenvalue weighted by molar-refractivity contribution is 5.67. The van der Waals surface area contributed by atoms with Crippen LogP contribution >= 0.6 is 0 Å². The van der Waals surface area contributed by atoms with Gasteiger partial charge < -0.3 is 15.8 Å². The molecule has 1 heterocycles. The number of amides is 1. The topological polar surface area (TPSA) is 90.1 Å². The molecule has 0 aliphatic rings. The van der Waals surface area contributed by atoms with E-state index in [1.165, 1.54) is 6.33 Å². The number of aryl methyl sites for hydroxylation is 1. The number of ether oxygens (including phenoxy) is 1. The first-order chi connectivity index (χ1) is 9.18. The van der Waals surface area contributed by atoms with Crippen LogP contribution in [0, 0.1) is 6.92 Å². The van der Waals surface area contributed by atoms with Gasteiger partial charge in [0.25, 0.3) is 0 Å². The summed E-state index contributed by atoms with van der Waals surface area (Å²) < 4.78 is 5.22. The summed E-state index contributed by atoms with van der Waals surface area (Å²) in [5.41, 5.74) is 6.72. The first-order valence-electron chi connectivity index (χ1n) is 6.62. The Kier molecular flexibility index (Phi) is 5.05. The van der Waals surface area contributed by atoms with Crippen LogP contribution in [0.2, 0.25) is 0 Å². The van der Waals surface area contributed by atoms with Crippen LogP contribution in [0.3, 0.4) is 0 Å². The lowest BCUT2D eigenvalue weighted by atomic mass is 9.82. The molecule has 1 atom stereocenters. The molecule has 0 fully saturated rings. The van der Waals surface area contributed by atoms with Crippen molar-refractivity contribution in [3.63, 3.8) is 0 Å². The molecule has 112 valence electrons. The summed E-state index contributed by atoms with van der Waals surface area (Å²) in [6.07, 6.45) is 2.79. The third-order valence-corrected chi connectivity index (χ3v) is 3.03. The van der Waals surface area contributed by atoms with Crippen LogP contribution in [0.4, 0.5) is 4.79 Å². The van der Waals surface area contributed by atoms with Crippen molar-refractivity contribution in [2.24, 2.45) is 5.73 Å². The third kappa shape index (κ3) is 4.45. The summed E-state index contributed by atoms with van der Waals surface area (Å²) in [6.45, 7) is 10.1. The van der Waals surface area contributed by atoms with E-state index in [9.17, 15) is 4.79 Å². The third-order valence-electron chi connectivity index (χ3n) is 3.03. The highest BCUT2D eigenvalue weighted by atomic mass is 16.6. The predicted molar refractivity (Wildman–Crippen MR) is 77.4 cm³/mol. The number of hydrogen-bond donors (Lipinski definition) is 2. The number of aromatic nitrogens is 2. The van der Waals surface area contributed by atoms with Crippen LogP contribution < -0.4 is 11.1 Å². The molecule has 6 nitrogen and oxygen atoms in total. The smallest absolute Gasteiger partial charge is 0.407 e. The van der Waals surface area contributed by atoms with Gasteiger partial charge >= 0.3 is 6.09 Å². The van der Waals surface area contributed by atoms with Gasteiger partial charge in [-0.15, -0.1) is 0 Å². The number of nitrogens with one attached hydrogen (secondary N) is 1. The molecule has 6 heteroatoms. The highest BCUT2D eigenvalue weighted by Crippen LogP contribution is 2.23. The van der Waals surface area contributed by atoms with E-state index in [1.54, 1.807) is 6.20 Å². The van der Waals surface area contributed by atoms with E-state index < -0.39 is 17.1 Å². The molecule has 1 rings (SSSR count). The molecule has 0 radical (unpaired) electrons. The summed E-state index contributed by atoms with van der Waals surface area (Å²) in [4.78, 5) is 19.9. The molecule has 0 aliphatic heterocycles. The van der Waals surface area contributed by atoms with Crippen LogP contribution in [0.5, 0.6) is 0 Å². The summed E-state index contributed by atoms with van der Waals surface area (Å²) in [7, 11) is 0. The fraction of sp³-hybridized carbons (Fsp3) is 0.643. The average Bonchev–Trinajstić information content (AvgIpc) is 2.34. The van der Waals surface area contributed by atoms with Gasteiger partial charge in [0.15, 0.2) is 0 Å². The highest BCUT2D eigenvalue weighted by Gasteiger charge is 2.29. The van der Waals surface area contributed by atoms with Gasteiger partial charge in [-0.2, -0.15) is 0 Å². The molecule has 1 unspecified atom stereocenters. The Labute approximate surface area is 120 Å². The van der Waals surface area contributed by atoms with Gasteiger partial charge in [-0.1, -0.05) is 6.92 Å². The number of carbonyl (C=O) groups is 1. The Morgan fingerprint density at radius 1 is 1.40 bits per heavy atom. The summed E-state index contributed by atoms with van der Waals surface area (Å²) in [5, 5.41) is 2.76. The molecule has 3 N–H and O–H groups in total. The fourth-order valence-electron chi connectivity index (χ4n) is 1.84. The van der Waals surface area contributed by atoms with Crippen molar-refractivity contribution in [2.75, 3.05) is 13.1 Å². The molecule has 0 saturated heterocycles. The fourth-order valence-corrected chi connectivity index (χ4v) is 1.84. The normalized spacial score (nSPS) is 14.5. The monoisotopic (exact) mass is 280 g/mol. The van der Waals surface area contributed by atoms with Gasteiger partial charge in [0.1, 0.15) is 11.9 Å². The van der Waals surface area contributed by atoms with Crippen molar-refractivity contribution in [1.29, 1.82) is 0 Å². The quantitative estimate of drug-likeness (QED) is 0.872. The van der Waals surface area contributed by atoms with E-state index in [0.717, 1.165) is 11.3 Å². The molecular formula is C14H24N4O2. The Hall–Kier alpha value is -1.69. The number of nitrogens with zero attached hydrogens (tertiary/aromatic N) is 2. The molecule has 1 aromatic heterocycles. The van der Waals surface area contributed by atoms with E-state index in [2.05, 4.69) is 15.3 Å². The Morgan fingerprint density at radius 3 is 2.55 bits per heavy atom. The second-order valence-electron chi connectivity index (χ2n) is 6.14. The summed E-state index contributed by atoms with van der Waals surface area (Å²) in [5.74, 6) is 0. The maximum absolute atomic E-state index is 11.7. The largest absolute Gasteiger partial charge is 0.444 e. The molecule has 0 aliphatic carbocycles. The number of nitrogens with two attached hydrogens (primary N) is 1. The van der Waals surface area contributed by atoms with E-state index in [0.29, 0.717) is 13.1 Å². The second-order valence-corrected chi connectivity index (χ2v) is 6.14. The molecule has 0 spiro atoms. The van der Waals surface area contributed by atoms with Crippen LogP contribution in [-0.2, 0) is 10.2 Å². The summed E-state index contributed by atoms with van der Waals surface area (Å²) >= 11 is 0. The number of carbonyl (C=O) groups excluding carboxylic acids is 1. The van der Waals surface area contributed by atoms with Gasteiger partial charge in [0, 0.05) is 36.0 Å². The predicted octanol–water partition coefficient (Wildman–Crippen LogP) is 1.53. The molecule has 1 aromatic rings. The van der Waals surface area contributed by atoms with Crippen molar-refractivity contribution >= 4 is 6.09 Å². The number of alkyl carbamates (subject to hydrolysis) is 1. The molecule has 20 heavy (non-hydrogen) atoms. The lowest BCUT2D eigenvalue weighted by molar-refractivity contribution is 0.0516. The van der Waals surface area contributed by atoms with Crippen molar-refractivity contribution in [3.05, 3.63) is 23.8 Å². The van der Waals surface area contributed by atoms with Crippen LogP contribution in [0.15, 0.2) is 12.5 Å². The Balaban J connectivity index is 2.77. The maximum atomic E-state index is 11.7. The zero-order valence-corrected chi connectivity index (χ0v) is 12.9. The minimum atomic E-state index is -0.519. The molecule has 0 bridgehead atoms. The molecule has 0 saturated carbocycles.